The van der Waals surface area contributed by atoms with Gasteiger partial charge in [-0.05, 0) is 31.0 Å². The molecule has 108 valence electrons. The monoisotopic (exact) mass is 293 g/mol. The fourth-order valence-electron chi connectivity index (χ4n) is 1.88. The van der Waals surface area contributed by atoms with Crippen LogP contribution < -0.4 is 4.72 Å². The minimum atomic E-state index is -3.48. The van der Waals surface area contributed by atoms with Crippen LogP contribution in [0.3, 0.4) is 0 Å². The summed E-state index contributed by atoms with van der Waals surface area (Å²) in [5.41, 5.74) is 2.95. The van der Waals surface area contributed by atoms with Crippen molar-refractivity contribution < 1.29 is 8.42 Å². The molecule has 0 unspecified atom stereocenters. The summed E-state index contributed by atoms with van der Waals surface area (Å²) in [5, 5.41) is 4.09. The molecule has 0 aliphatic rings. The molecule has 0 atom stereocenters. The molecular formula is C14H19N3O2S. The molecular weight excluding hydrogens is 274 g/mol. The molecule has 2 rings (SSSR count). The zero-order valence-corrected chi connectivity index (χ0v) is 12.7. The Kier molecular flexibility index (Phi) is 4.25. The minimum absolute atomic E-state index is 0.248. The summed E-state index contributed by atoms with van der Waals surface area (Å²) in [7, 11) is -1.65. The lowest BCUT2D eigenvalue weighted by Gasteiger charge is -2.07. The van der Waals surface area contributed by atoms with Crippen LogP contribution in [-0.4, -0.2) is 18.2 Å². The van der Waals surface area contributed by atoms with Crippen LogP contribution in [-0.2, 0) is 30.0 Å². The summed E-state index contributed by atoms with van der Waals surface area (Å²) in [6.07, 6.45) is 2.57. The van der Waals surface area contributed by atoms with Gasteiger partial charge in [-0.3, -0.25) is 4.68 Å². The van der Waals surface area contributed by atoms with Crippen LogP contribution in [0.4, 0.5) is 0 Å². The largest absolute Gasteiger partial charge is 0.273 e. The van der Waals surface area contributed by atoms with Crippen molar-refractivity contribution in [3.63, 3.8) is 0 Å². The first-order chi connectivity index (χ1) is 9.44. The molecule has 6 heteroatoms. The predicted molar refractivity (Wildman–Crippen MR) is 77.8 cm³/mol. The number of hydrogen-bond acceptors (Lipinski definition) is 3. The summed E-state index contributed by atoms with van der Waals surface area (Å²) in [6.45, 7) is 4.19. The average Bonchev–Trinajstić information content (AvgIpc) is 2.77. The summed E-state index contributed by atoms with van der Waals surface area (Å²) in [5.74, 6) is 0. The third-order valence-electron chi connectivity index (χ3n) is 3.43. The normalized spacial score (nSPS) is 11.8. The van der Waals surface area contributed by atoms with Crippen molar-refractivity contribution in [2.75, 3.05) is 0 Å². The van der Waals surface area contributed by atoms with Crippen molar-refractivity contribution in [3.8, 4) is 0 Å². The van der Waals surface area contributed by atoms with E-state index in [2.05, 4.69) is 9.82 Å². The van der Waals surface area contributed by atoms with Crippen LogP contribution in [0.5, 0.6) is 0 Å². The Bertz CT molecular complexity index is 688. The number of aryl methyl sites for hydroxylation is 2. The quantitative estimate of drug-likeness (QED) is 0.913. The number of benzene rings is 1. The summed E-state index contributed by atoms with van der Waals surface area (Å²) >= 11 is 0. The predicted octanol–water partition coefficient (Wildman–Crippen LogP) is 1.77. The number of hydrogen-bond donors (Lipinski definition) is 1. The Hall–Kier alpha value is -1.66. The van der Waals surface area contributed by atoms with Gasteiger partial charge in [0.05, 0.1) is 11.1 Å². The highest BCUT2D eigenvalue weighted by Crippen LogP contribution is 2.12. The van der Waals surface area contributed by atoms with E-state index in [4.69, 9.17) is 0 Å². The maximum atomic E-state index is 12.2. The van der Waals surface area contributed by atoms with Gasteiger partial charge in [0.25, 0.3) is 0 Å². The smallest absolute Gasteiger partial charge is 0.240 e. The zero-order chi connectivity index (χ0) is 14.8. The van der Waals surface area contributed by atoms with Crippen LogP contribution in [0.1, 0.15) is 23.7 Å². The highest BCUT2D eigenvalue weighted by atomic mass is 32.2. The van der Waals surface area contributed by atoms with Gasteiger partial charge < -0.3 is 0 Å². The van der Waals surface area contributed by atoms with Gasteiger partial charge in [-0.15, -0.1) is 0 Å². The molecule has 0 radical (unpaired) electrons. The second kappa shape index (κ2) is 5.76. The van der Waals surface area contributed by atoms with Crippen LogP contribution in [0.2, 0.25) is 0 Å². The molecule has 2 aromatic rings. The molecule has 0 aliphatic carbocycles. The summed E-state index contributed by atoms with van der Waals surface area (Å²) < 4.78 is 28.7. The van der Waals surface area contributed by atoms with Gasteiger partial charge in [0.15, 0.2) is 0 Å². The van der Waals surface area contributed by atoms with Gasteiger partial charge in [-0.25, -0.2) is 13.1 Å². The van der Waals surface area contributed by atoms with E-state index in [-0.39, 0.29) is 11.4 Å². The van der Waals surface area contributed by atoms with Crippen LogP contribution in [0.15, 0.2) is 35.4 Å². The molecule has 0 saturated carbocycles. The molecule has 1 aromatic heterocycles. The number of rotatable bonds is 5. The molecule has 5 nitrogen and oxygen atoms in total. The summed E-state index contributed by atoms with van der Waals surface area (Å²) in [6, 6.07) is 6.95. The number of nitrogens with zero attached hydrogens (tertiary/aromatic N) is 2. The number of nitrogens with one attached hydrogen (secondary N) is 1. The SMILES string of the molecule is CCc1ccc(S(=O)(=O)NCc2cnn(C)c2C)cc1. The molecule has 0 spiro atoms. The first kappa shape index (κ1) is 14.7. The standard InChI is InChI=1S/C14H19N3O2S/c1-4-12-5-7-14(8-6-12)20(18,19)16-10-13-9-15-17(3)11(13)2/h5-9,16H,4,10H2,1-3H3. The molecule has 0 saturated heterocycles. The number of aromatic nitrogens is 2. The molecule has 1 N–H and O–H groups in total. The van der Waals surface area contributed by atoms with E-state index in [1.807, 2.05) is 33.0 Å². The van der Waals surface area contributed by atoms with Gasteiger partial charge in [-0.2, -0.15) is 5.10 Å². The van der Waals surface area contributed by atoms with Crippen LogP contribution >= 0.6 is 0 Å². The zero-order valence-electron chi connectivity index (χ0n) is 11.9. The average molecular weight is 293 g/mol. The Morgan fingerprint density at radius 1 is 1.25 bits per heavy atom. The molecule has 1 aromatic carbocycles. The van der Waals surface area contributed by atoms with Crippen LogP contribution in [0.25, 0.3) is 0 Å². The molecule has 0 fully saturated rings. The Morgan fingerprint density at radius 3 is 2.40 bits per heavy atom. The Labute approximate surface area is 119 Å². The van der Waals surface area contributed by atoms with Crippen molar-refractivity contribution in [3.05, 3.63) is 47.3 Å². The second-order valence-corrected chi connectivity index (χ2v) is 6.47. The first-order valence-corrected chi connectivity index (χ1v) is 7.98. The maximum Gasteiger partial charge on any atom is 0.240 e. The Morgan fingerprint density at radius 2 is 1.90 bits per heavy atom. The van der Waals surface area contributed by atoms with E-state index < -0.39 is 10.0 Å². The Balaban J connectivity index is 2.12. The fraction of sp³-hybridized carbons (Fsp3) is 0.357. The van der Waals surface area contributed by atoms with Gasteiger partial charge in [0.1, 0.15) is 0 Å². The minimum Gasteiger partial charge on any atom is -0.273 e. The molecule has 1 heterocycles. The van der Waals surface area contributed by atoms with E-state index in [0.29, 0.717) is 0 Å². The molecule has 0 bridgehead atoms. The third kappa shape index (κ3) is 3.08. The van der Waals surface area contributed by atoms with E-state index in [9.17, 15) is 8.42 Å². The molecule has 20 heavy (non-hydrogen) atoms. The summed E-state index contributed by atoms with van der Waals surface area (Å²) in [4.78, 5) is 0.288. The van der Waals surface area contributed by atoms with Crippen molar-refractivity contribution in [1.29, 1.82) is 0 Å². The van der Waals surface area contributed by atoms with Gasteiger partial charge in [0, 0.05) is 24.8 Å². The van der Waals surface area contributed by atoms with E-state index >= 15 is 0 Å². The maximum absolute atomic E-state index is 12.2. The molecule has 0 aliphatic heterocycles. The lowest BCUT2D eigenvalue weighted by Crippen LogP contribution is -2.23. The van der Waals surface area contributed by atoms with E-state index in [1.54, 1.807) is 23.0 Å². The highest BCUT2D eigenvalue weighted by molar-refractivity contribution is 7.89. The van der Waals surface area contributed by atoms with Gasteiger partial charge in [0.2, 0.25) is 10.0 Å². The molecule has 0 amide bonds. The lowest BCUT2D eigenvalue weighted by molar-refractivity contribution is 0.581. The second-order valence-electron chi connectivity index (χ2n) is 4.70. The van der Waals surface area contributed by atoms with Crippen molar-refractivity contribution in [2.45, 2.75) is 31.7 Å². The van der Waals surface area contributed by atoms with Gasteiger partial charge in [-0.1, -0.05) is 19.1 Å². The van der Waals surface area contributed by atoms with Gasteiger partial charge >= 0.3 is 0 Å². The van der Waals surface area contributed by atoms with E-state index in [1.165, 1.54) is 0 Å². The van der Waals surface area contributed by atoms with Crippen molar-refractivity contribution >= 4 is 10.0 Å². The highest BCUT2D eigenvalue weighted by Gasteiger charge is 2.14. The number of sulfonamides is 1. The third-order valence-corrected chi connectivity index (χ3v) is 4.85. The fourth-order valence-corrected chi connectivity index (χ4v) is 2.88. The van der Waals surface area contributed by atoms with Crippen LogP contribution in [0, 0.1) is 6.92 Å². The van der Waals surface area contributed by atoms with E-state index in [0.717, 1.165) is 23.2 Å². The lowest BCUT2D eigenvalue weighted by atomic mass is 10.2. The van der Waals surface area contributed by atoms with Crippen molar-refractivity contribution in [2.24, 2.45) is 7.05 Å². The topological polar surface area (TPSA) is 64.0 Å². The first-order valence-electron chi connectivity index (χ1n) is 6.50. The van der Waals surface area contributed by atoms with Crippen molar-refractivity contribution in [1.82, 2.24) is 14.5 Å².